The zero-order valence-electron chi connectivity index (χ0n) is 12.9. The van der Waals surface area contributed by atoms with E-state index < -0.39 is 0 Å². The number of ether oxygens (including phenoxy) is 1. The van der Waals surface area contributed by atoms with Crippen LogP contribution in [-0.2, 0) is 0 Å². The molecule has 1 rings (SSSR count). The van der Waals surface area contributed by atoms with E-state index in [0.717, 1.165) is 12.4 Å². The topological polar surface area (TPSA) is 21.3 Å². The van der Waals surface area contributed by atoms with Gasteiger partial charge >= 0.3 is 0 Å². The van der Waals surface area contributed by atoms with Crippen LogP contribution in [0.2, 0.25) is 0 Å². The molecule has 0 saturated carbocycles. The smallest absolute Gasteiger partial charge is 0.119 e. The molecule has 1 N–H and O–H groups in total. The Morgan fingerprint density at radius 2 is 2.05 bits per heavy atom. The molecule has 0 bridgehead atoms. The highest BCUT2D eigenvalue weighted by Gasteiger charge is 2.08. The first-order valence-electron chi connectivity index (χ1n) is 7.61. The van der Waals surface area contributed by atoms with Gasteiger partial charge in [-0.15, -0.1) is 0 Å². The second kappa shape index (κ2) is 8.98. The minimum Gasteiger partial charge on any atom is -0.493 e. The molecule has 19 heavy (non-hydrogen) atoms. The lowest BCUT2D eigenvalue weighted by molar-refractivity contribution is 0.233. The van der Waals surface area contributed by atoms with Gasteiger partial charge in [0.05, 0.1) is 6.61 Å². The quantitative estimate of drug-likeness (QED) is 0.705. The molecule has 0 aliphatic rings. The highest BCUT2D eigenvalue weighted by molar-refractivity contribution is 5.30. The number of benzene rings is 1. The zero-order chi connectivity index (χ0) is 14.1. The molecule has 0 radical (unpaired) electrons. The average molecular weight is 263 g/mol. The summed E-state index contributed by atoms with van der Waals surface area (Å²) >= 11 is 0. The maximum atomic E-state index is 5.96. The van der Waals surface area contributed by atoms with Gasteiger partial charge in [0.15, 0.2) is 0 Å². The van der Waals surface area contributed by atoms with E-state index in [2.05, 4.69) is 50.4 Å². The van der Waals surface area contributed by atoms with Crippen LogP contribution >= 0.6 is 0 Å². The van der Waals surface area contributed by atoms with Gasteiger partial charge in [-0.05, 0) is 44.0 Å². The van der Waals surface area contributed by atoms with E-state index in [1.54, 1.807) is 0 Å². The van der Waals surface area contributed by atoms with E-state index in [4.69, 9.17) is 4.74 Å². The van der Waals surface area contributed by atoms with Gasteiger partial charge in [-0.3, -0.25) is 0 Å². The normalized spacial score (nSPS) is 14.1. The average Bonchev–Trinajstić information content (AvgIpc) is 2.47. The van der Waals surface area contributed by atoms with Crippen molar-refractivity contribution in [2.24, 2.45) is 5.92 Å². The third kappa shape index (κ3) is 5.65. The first-order valence-corrected chi connectivity index (χ1v) is 7.61. The van der Waals surface area contributed by atoms with E-state index in [1.165, 1.54) is 31.2 Å². The second-order valence-electron chi connectivity index (χ2n) is 5.31. The van der Waals surface area contributed by atoms with Gasteiger partial charge in [0, 0.05) is 6.04 Å². The molecule has 2 atom stereocenters. The van der Waals surface area contributed by atoms with Crippen molar-refractivity contribution < 1.29 is 4.74 Å². The molecule has 0 saturated heterocycles. The van der Waals surface area contributed by atoms with Crippen LogP contribution in [0.15, 0.2) is 24.3 Å². The fraction of sp³-hybridized carbons (Fsp3) is 0.647. The zero-order valence-corrected chi connectivity index (χ0v) is 12.9. The highest BCUT2D eigenvalue weighted by atomic mass is 16.5. The van der Waals surface area contributed by atoms with Crippen molar-refractivity contribution >= 4 is 0 Å². The molecular formula is C17H29NO. The Morgan fingerprint density at radius 1 is 1.26 bits per heavy atom. The monoisotopic (exact) mass is 263 g/mol. The van der Waals surface area contributed by atoms with Gasteiger partial charge in [0.25, 0.3) is 0 Å². The molecule has 1 aromatic rings. The van der Waals surface area contributed by atoms with Crippen molar-refractivity contribution in [2.45, 2.75) is 52.5 Å². The molecular weight excluding hydrogens is 234 g/mol. The fourth-order valence-corrected chi connectivity index (χ4v) is 2.15. The van der Waals surface area contributed by atoms with E-state index >= 15 is 0 Å². The Labute approximate surface area is 118 Å². The third-order valence-corrected chi connectivity index (χ3v) is 3.82. The molecule has 0 aliphatic heterocycles. The number of rotatable bonds is 9. The second-order valence-corrected chi connectivity index (χ2v) is 5.31. The summed E-state index contributed by atoms with van der Waals surface area (Å²) in [6, 6.07) is 8.78. The minimum absolute atomic E-state index is 0.366. The van der Waals surface area contributed by atoms with Crippen LogP contribution in [0.25, 0.3) is 0 Å². The van der Waals surface area contributed by atoms with E-state index in [1.807, 2.05) is 7.05 Å². The molecule has 0 heterocycles. The maximum absolute atomic E-state index is 5.96. The van der Waals surface area contributed by atoms with Crippen LogP contribution in [0.5, 0.6) is 5.75 Å². The van der Waals surface area contributed by atoms with Crippen LogP contribution in [0.1, 0.15) is 58.1 Å². The standard InChI is InChI=1S/C17H29NO/c1-5-7-9-15(6-2)13-19-17-11-8-10-16(12-17)14(3)18-4/h8,10-12,14-15,18H,5-7,9,13H2,1-4H3. The van der Waals surface area contributed by atoms with Crippen molar-refractivity contribution in [3.8, 4) is 5.75 Å². The summed E-state index contributed by atoms with van der Waals surface area (Å²) in [7, 11) is 1.98. The van der Waals surface area contributed by atoms with Crippen molar-refractivity contribution in [1.82, 2.24) is 5.32 Å². The highest BCUT2D eigenvalue weighted by Crippen LogP contribution is 2.20. The number of hydrogen-bond donors (Lipinski definition) is 1. The van der Waals surface area contributed by atoms with E-state index in [-0.39, 0.29) is 0 Å². The Morgan fingerprint density at radius 3 is 2.68 bits per heavy atom. The molecule has 0 amide bonds. The minimum atomic E-state index is 0.366. The van der Waals surface area contributed by atoms with Crippen LogP contribution in [0.4, 0.5) is 0 Å². The predicted molar refractivity (Wildman–Crippen MR) is 82.7 cm³/mol. The van der Waals surface area contributed by atoms with Crippen LogP contribution in [0.3, 0.4) is 0 Å². The molecule has 108 valence electrons. The Kier molecular flexibility index (Phi) is 7.57. The van der Waals surface area contributed by atoms with Crippen molar-refractivity contribution in [3.05, 3.63) is 29.8 Å². The van der Waals surface area contributed by atoms with Gasteiger partial charge < -0.3 is 10.1 Å². The Hall–Kier alpha value is -1.02. The lowest BCUT2D eigenvalue weighted by atomic mass is 10.0. The molecule has 0 aromatic heterocycles. The SMILES string of the molecule is CCCCC(CC)COc1cccc(C(C)NC)c1. The fourth-order valence-electron chi connectivity index (χ4n) is 2.15. The number of hydrogen-bond acceptors (Lipinski definition) is 2. The molecule has 2 nitrogen and oxygen atoms in total. The van der Waals surface area contributed by atoms with Crippen LogP contribution in [-0.4, -0.2) is 13.7 Å². The summed E-state index contributed by atoms with van der Waals surface area (Å²) < 4.78 is 5.96. The largest absolute Gasteiger partial charge is 0.493 e. The third-order valence-electron chi connectivity index (χ3n) is 3.82. The molecule has 0 fully saturated rings. The molecule has 2 unspecified atom stereocenters. The van der Waals surface area contributed by atoms with Crippen LogP contribution in [0, 0.1) is 5.92 Å². The van der Waals surface area contributed by atoms with E-state index in [0.29, 0.717) is 12.0 Å². The molecule has 2 heteroatoms. The van der Waals surface area contributed by atoms with Crippen molar-refractivity contribution in [2.75, 3.05) is 13.7 Å². The predicted octanol–water partition coefficient (Wildman–Crippen LogP) is 4.56. The van der Waals surface area contributed by atoms with Gasteiger partial charge in [-0.2, -0.15) is 0 Å². The van der Waals surface area contributed by atoms with Crippen molar-refractivity contribution in [3.63, 3.8) is 0 Å². The molecule has 0 aliphatic carbocycles. The van der Waals surface area contributed by atoms with E-state index in [9.17, 15) is 0 Å². The summed E-state index contributed by atoms with van der Waals surface area (Å²) in [5.74, 6) is 1.68. The Bertz CT molecular complexity index is 351. The Balaban J connectivity index is 2.52. The number of unbranched alkanes of at least 4 members (excludes halogenated alkanes) is 1. The van der Waals surface area contributed by atoms with Gasteiger partial charge in [0.1, 0.15) is 5.75 Å². The summed E-state index contributed by atoms with van der Waals surface area (Å²) in [5, 5.41) is 3.26. The van der Waals surface area contributed by atoms with Crippen LogP contribution < -0.4 is 10.1 Å². The van der Waals surface area contributed by atoms with Gasteiger partial charge in [0.2, 0.25) is 0 Å². The number of nitrogens with one attached hydrogen (secondary N) is 1. The summed E-state index contributed by atoms with van der Waals surface area (Å²) in [5.41, 5.74) is 1.28. The summed E-state index contributed by atoms with van der Waals surface area (Å²) in [6.07, 6.45) is 5.05. The molecule has 0 spiro atoms. The van der Waals surface area contributed by atoms with Gasteiger partial charge in [-0.1, -0.05) is 45.2 Å². The maximum Gasteiger partial charge on any atom is 0.119 e. The lowest BCUT2D eigenvalue weighted by Gasteiger charge is -2.17. The first-order chi connectivity index (χ1) is 9.21. The molecule has 1 aromatic carbocycles. The lowest BCUT2D eigenvalue weighted by Crippen LogP contribution is -2.13. The first kappa shape index (κ1) is 16.0. The van der Waals surface area contributed by atoms with Gasteiger partial charge in [-0.25, -0.2) is 0 Å². The summed E-state index contributed by atoms with van der Waals surface area (Å²) in [4.78, 5) is 0. The van der Waals surface area contributed by atoms with Crippen molar-refractivity contribution in [1.29, 1.82) is 0 Å². The summed E-state index contributed by atoms with van der Waals surface area (Å²) in [6.45, 7) is 7.50.